The van der Waals surface area contributed by atoms with Gasteiger partial charge in [-0.15, -0.1) is 0 Å². The van der Waals surface area contributed by atoms with Gasteiger partial charge in [0.1, 0.15) is 0 Å². The molecule has 2 rings (SSSR count). The Hall–Kier alpha value is 0.140. The van der Waals surface area contributed by atoms with Crippen LogP contribution in [0, 0.1) is 5.92 Å². The van der Waals surface area contributed by atoms with Crippen molar-refractivity contribution >= 4 is 31.9 Å². The van der Waals surface area contributed by atoms with Crippen LogP contribution < -0.4 is 5.32 Å². The van der Waals surface area contributed by atoms with Crippen LogP contribution in [0.3, 0.4) is 0 Å². The van der Waals surface area contributed by atoms with Gasteiger partial charge in [0.05, 0.1) is 0 Å². The van der Waals surface area contributed by atoms with Crippen LogP contribution in [0.25, 0.3) is 0 Å². The number of rotatable bonds is 4. The summed E-state index contributed by atoms with van der Waals surface area (Å²) in [7, 11) is 0. The van der Waals surface area contributed by atoms with E-state index >= 15 is 0 Å². The van der Waals surface area contributed by atoms with Gasteiger partial charge in [-0.3, -0.25) is 0 Å². The fourth-order valence-electron chi connectivity index (χ4n) is 2.01. The van der Waals surface area contributed by atoms with Crippen LogP contribution >= 0.6 is 31.9 Å². The zero-order chi connectivity index (χ0) is 11.7. The van der Waals surface area contributed by atoms with Gasteiger partial charge < -0.3 is 5.32 Å². The molecule has 0 spiro atoms. The fraction of sp³-hybridized carbons (Fsp3) is 0.538. The Morgan fingerprint density at radius 3 is 2.69 bits per heavy atom. The van der Waals surface area contributed by atoms with E-state index in [1.165, 1.54) is 12.0 Å². The zero-order valence-corrected chi connectivity index (χ0v) is 12.8. The summed E-state index contributed by atoms with van der Waals surface area (Å²) in [6.07, 6.45) is 1.33. The molecule has 3 heteroatoms. The van der Waals surface area contributed by atoms with Crippen LogP contribution in [-0.2, 0) is 0 Å². The summed E-state index contributed by atoms with van der Waals surface area (Å²) in [5.41, 5.74) is 1.46. The predicted molar refractivity (Wildman–Crippen MR) is 75.8 cm³/mol. The van der Waals surface area contributed by atoms with Gasteiger partial charge in [-0.05, 0) is 74.4 Å². The first kappa shape index (κ1) is 12.6. The highest BCUT2D eigenvalue weighted by molar-refractivity contribution is 9.13. The summed E-state index contributed by atoms with van der Waals surface area (Å²) in [6, 6.07) is 7.20. The van der Waals surface area contributed by atoms with Gasteiger partial charge in [-0.1, -0.05) is 19.9 Å². The van der Waals surface area contributed by atoms with Gasteiger partial charge in [0, 0.05) is 15.0 Å². The van der Waals surface area contributed by atoms with E-state index in [9.17, 15) is 0 Å². The summed E-state index contributed by atoms with van der Waals surface area (Å²) in [4.78, 5) is 0. The van der Waals surface area contributed by atoms with Crippen molar-refractivity contribution in [3.8, 4) is 0 Å². The third-order valence-electron chi connectivity index (χ3n) is 3.08. The first-order valence-corrected chi connectivity index (χ1v) is 7.35. The molecule has 0 radical (unpaired) electrons. The SMILES string of the molecule is CC(C)NCC1CC1c1ccc(Br)c(Br)c1. The van der Waals surface area contributed by atoms with Crippen molar-refractivity contribution in [2.75, 3.05) is 6.54 Å². The number of hydrogen-bond donors (Lipinski definition) is 1. The van der Waals surface area contributed by atoms with E-state index in [2.05, 4.69) is 69.2 Å². The molecule has 0 heterocycles. The Balaban J connectivity index is 1.93. The van der Waals surface area contributed by atoms with Crippen LogP contribution in [0.5, 0.6) is 0 Å². The largest absolute Gasteiger partial charge is 0.314 e. The molecule has 1 aliphatic rings. The predicted octanol–water partition coefficient (Wildman–Crippen LogP) is 4.31. The van der Waals surface area contributed by atoms with Gasteiger partial charge in [0.15, 0.2) is 0 Å². The molecule has 1 saturated carbocycles. The van der Waals surface area contributed by atoms with Gasteiger partial charge in [-0.25, -0.2) is 0 Å². The minimum atomic E-state index is 0.595. The molecule has 0 saturated heterocycles. The molecule has 0 amide bonds. The van der Waals surface area contributed by atoms with Crippen molar-refractivity contribution in [3.05, 3.63) is 32.7 Å². The topological polar surface area (TPSA) is 12.0 Å². The fourth-order valence-corrected chi connectivity index (χ4v) is 2.65. The minimum absolute atomic E-state index is 0.595. The highest BCUT2D eigenvalue weighted by Gasteiger charge is 2.37. The molecule has 88 valence electrons. The maximum Gasteiger partial charge on any atom is 0.0320 e. The maximum absolute atomic E-state index is 3.56. The lowest BCUT2D eigenvalue weighted by molar-refractivity contribution is 0.554. The minimum Gasteiger partial charge on any atom is -0.314 e. The number of nitrogens with one attached hydrogen (secondary N) is 1. The highest BCUT2D eigenvalue weighted by Crippen LogP contribution is 2.47. The van der Waals surface area contributed by atoms with Gasteiger partial charge in [0.2, 0.25) is 0 Å². The molecule has 1 fully saturated rings. The maximum atomic E-state index is 3.56. The van der Waals surface area contributed by atoms with Crippen molar-refractivity contribution in [1.29, 1.82) is 0 Å². The Morgan fingerprint density at radius 1 is 1.31 bits per heavy atom. The van der Waals surface area contributed by atoms with Gasteiger partial charge in [0.25, 0.3) is 0 Å². The first-order valence-electron chi connectivity index (χ1n) is 5.76. The van der Waals surface area contributed by atoms with Crippen molar-refractivity contribution in [3.63, 3.8) is 0 Å². The molecule has 2 unspecified atom stereocenters. The van der Waals surface area contributed by atoms with Crippen molar-refractivity contribution in [1.82, 2.24) is 5.32 Å². The van der Waals surface area contributed by atoms with Crippen LogP contribution in [-0.4, -0.2) is 12.6 Å². The van der Waals surface area contributed by atoms with E-state index in [1.54, 1.807) is 0 Å². The van der Waals surface area contributed by atoms with Crippen molar-refractivity contribution in [2.45, 2.75) is 32.2 Å². The average molecular weight is 347 g/mol. The van der Waals surface area contributed by atoms with Crippen LogP contribution in [0.2, 0.25) is 0 Å². The molecular weight excluding hydrogens is 330 g/mol. The monoisotopic (exact) mass is 345 g/mol. The van der Waals surface area contributed by atoms with Crippen molar-refractivity contribution < 1.29 is 0 Å². The lowest BCUT2D eigenvalue weighted by atomic mass is 10.1. The van der Waals surface area contributed by atoms with E-state index in [1.807, 2.05) is 0 Å². The average Bonchev–Trinajstić information content (AvgIpc) is 2.98. The van der Waals surface area contributed by atoms with Crippen LogP contribution in [0.15, 0.2) is 27.1 Å². The molecule has 1 nitrogen and oxygen atoms in total. The smallest absolute Gasteiger partial charge is 0.0320 e. The number of benzene rings is 1. The third-order valence-corrected chi connectivity index (χ3v) is 4.96. The number of hydrogen-bond acceptors (Lipinski definition) is 1. The lowest BCUT2D eigenvalue weighted by Gasteiger charge is -2.07. The summed E-state index contributed by atoms with van der Waals surface area (Å²) in [5, 5.41) is 3.51. The first-order chi connectivity index (χ1) is 7.58. The van der Waals surface area contributed by atoms with Crippen molar-refractivity contribution in [2.24, 2.45) is 5.92 Å². The molecule has 1 aromatic carbocycles. The Bertz CT molecular complexity index is 376. The van der Waals surface area contributed by atoms with Gasteiger partial charge in [-0.2, -0.15) is 0 Å². The molecule has 16 heavy (non-hydrogen) atoms. The Morgan fingerprint density at radius 2 is 2.06 bits per heavy atom. The Kier molecular flexibility index (Phi) is 4.09. The normalized spacial score (nSPS) is 23.8. The van der Waals surface area contributed by atoms with E-state index in [-0.39, 0.29) is 0 Å². The second-order valence-electron chi connectivity index (χ2n) is 4.84. The molecular formula is C13H17Br2N. The molecule has 1 aliphatic carbocycles. The van der Waals surface area contributed by atoms with Gasteiger partial charge >= 0.3 is 0 Å². The summed E-state index contributed by atoms with van der Waals surface area (Å²) >= 11 is 7.07. The third kappa shape index (κ3) is 3.08. The summed E-state index contributed by atoms with van der Waals surface area (Å²) in [5.74, 6) is 1.59. The summed E-state index contributed by atoms with van der Waals surface area (Å²) in [6.45, 7) is 5.55. The second-order valence-corrected chi connectivity index (χ2v) is 6.55. The summed E-state index contributed by atoms with van der Waals surface area (Å²) < 4.78 is 2.29. The van der Waals surface area contributed by atoms with E-state index < -0.39 is 0 Å². The van der Waals surface area contributed by atoms with E-state index in [0.29, 0.717) is 6.04 Å². The van der Waals surface area contributed by atoms with E-state index in [4.69, 9.17) is 0 Å². The quantitative estimate of drug-likeness (QED) is 0.856. The standard InChI is InChI=1S/C13H17Br2N/c1-8(2)16-7-10-5-11(10)9-3-4-12(14)13(15)6-9/h3-4,6,8,10-11,16H,5,7H2,1-2H3. The van der Waals surface area contributed by atoms with Crippen LogP contribution in [0.1, 0.15) is 31.7 Å². The molecule has 0 aromatic heterocycles. The molecule has 1 aromatic rings. The zero-order valence-electron chi connectivity index (χ0n) is 9.63. The number of halogens is 2. The lowest BCUT2D eigenvalue weighted by Crippen LogP contribution is -2.25. The second kappa shape index (κ2) is 5.19. The van der Waals surface area contributed by atoms with E-state index in [0.717, 1.165) is 27.3 Å². The molecule has 0 aliphatic heterocycles. The molecule has 0 bridgehead atoms. The highest BCUT2D eigenvalue weighted by atomic mass is 79.9. The molecule has 1 N–H and O–H groups in total. The Labute approximate surface area is 114 Å². The van der Waals surface area contributed by atoms with Crippen LogP contribution in [0.4, 0.5) is 0 Å². The molecule has 2 atom stereocenters.